The number of guanidine groups is 1. The van der Waals surface area contributed by atoms with Gasteiger partial charge in [-0.3, -0.25) is 0 Å². The smallest absolute Gasteiger partial charge is 0.191 e. The maximum absolute atomic E-state index is 4.66. The average molecular weight is 337 g/mol. The van der Waals surface area contributed by atoms with Crippen molar-refractivity contribution in [1.29, 1.82) is 0 Å². The van der Waals surface area contributed by atoms with Gasteiger partial charge >= 0.3 is 0 Å². The number of hydrogen-bond donors (Lipinski definition) is 2. The first kappa shape index (κ1) is 17.0. The van der Waals surface area contributed by atoms with Crippen molar-refractivity contribution in [3.8, 4) is 0 Å². The van der Waals surface area contributed by atoms with Gasteiger partial charge in [0.1, 0.15) is 5.01 Å². The minimum atomic E-state index is 0.480. The molecule has 0 amide bonds. The van der Waals surface area contributed by atoms with Crippen molar-refractivity contribution in [2.75, 3.05) is 6.54 Å². The van der Waals surface area contributed by atoms with Gasteiger partial charge in [-0.25, -0.2) is 9.98 Å². The Labute approximate surface area is 140 Å². The van der Waals surface area contributed by atoms with E-state index in [0.717, 1.165) is 23.2 Å². The molecule has 0 bridgehead atoms. The highest BCUT2D eigenvalue weighted by atomic mass is 32.1. The molecule has 0 atom stereocenters. The Morgan fingerprint density at radius 3 is 2.73 bits per heavy atom. The number of aliphatic imine (C=N–C) groups is 1. The molecular weight excluding hydrogens is 312 g/mol. The van der Waals surface area contributed by atoms with Gasteiger partial charge in [-0.05, 0) is 36.8 Å². The molecule has 0 aromatic carbocycles. The molecule has 0 saturated heterocycles. The largest absolute Gasteiger partial charge is 0.357 e. The van der Waals surface area contributed by atoms with Crippen LogP contribution in [0.2, 0.25) is 0 Å². The van der Waals surface area contributed by atoms with E-state index in [-0.39, 0.29) is 0 Å². The lowest BCUT2D eigenvalue weighted by molar-refractivity contribution is 0.788. The fourth-order valence-corrected chi connectivity index (χ4v) is 3.61. The number of hydrogen-bond acceptors (Lipinski definition) is 4. The topological polar surface area (TPSA) is 49.3 Å². The van der Waals surface area contributed by atoms with Crippen molar-refractivity contribution in [2.45, 2.75) is 46.7 Å². The third kappa shape index (κ3) is 4.81. The van der Waals surface area contributed by atoms with Gasteiger partial charge in [0.15, 0.2) is 5.96 Å². The molecule has 120 valence electrons. The van der Waals surface area contributed by atoms with E-state index in [0.29, 0.717) is 19.0 Å². The van der Waals surface area contributed by atoms with E-state index in [1.165, 1.54) is 10.4 Å². The first-order valence-corrected chi connectivity index (χ1v) is 9.35. The second kappa shape index (κ2) is 8.29. The van der Waals surface area contributed by atoms with E-state index in [1.54, 1.807) is 22.7 Å². The van der Waals surface area contributed by atoms with Crippen molar-refractivity contribution in [2.24, 2.45) is 4.99 Å². The van der Waals surface area contributed by atoms with Crippen molar-refractivity contribution >= 4 is 28.6 Å². The molecule has 2 heterocycles. The maximum atomic E-state index is 4.66. The van der Waals surface area contributed by atoms with Crippen molar-refractivity contribution in [3.63, 3.8) is 0 Å². The Kier molecular flexibility index (Phi) is 6.39. The first-order chi connectivity index (χ1) is 10.6. The molecule has 0 aliphatic heterocycles. The molecule has 0 spiro atoms. The summed E-state index contributed by atoms with van der Waals surface area (Å²) >= 11 is 3.46. The molecule has 6 heteroatoms. The van der Waals surface area contributed by atoms with E-state index in [1.807, 2.05) is 0 Å². The Morgan fingerprint density at radius 1 is 1.32 bits per heavy atom. The van der Waals surface area contributed by atoms with Crippen LogP contribution in [-0.2, 0) is 13.1 Å². The Bertz CT molecular complexity index is 613. The van der Waals surface area contributed by atoms with Crippen molar-refractivity contribution < 1.29 is 0 Å². The number of aryl methyl sites for hydroxylation is 1. The van der Waals surface area contributed by atoms with Gasteiger partial charge in [-0.1, -0.05) is 13.8 Å². The molecule has 0 aliphatic rings. The van der Waals surface area contributed by atoms with Crippen molar-refractivity contribution in [1.82, 2.24) is 15.6 Å². The number of thiazole rings is 1. The van der Waals surface area contributed by atoms with E-state index in [9.17, 15) is 0 Å². The summed E-state index contributed by atoms with van der Waals surface area (Å²) in [6.45, 7) is 10.8. The molecule has 2 aromatic heterocycles. The molecule has 4 nitrogen and oxygen atoms in total. The summed E-state index contributed by atoms with van der Waals surface area (Å²) in [7, 11) is 0. The predicted octanol–water partition coefficient (Wildman–Crippen LogP) is 3.89. The Morgan fingerprint density at radius 2 is 2.14 bits per heavy atom. The maximum Gasteiger partial charge on any atom is 0.191 e. The first-order valence-electron chi connectivity index (χ1n) is 7.59. The zero-order valence-corrected chi connectivity index (χ0v) is 15.3. The molecule has 0 saturated carbocycles. The lowest BCUT2D eigenvalue weighted by Crippen LogP contribution is -2.36. The van der Waals surface area contributed by atoms with Gasteiger partial charge in [0.2, 0.25) is 0 Å². The molecule has 2 rings (SSSR count). The van der Waals surface area contributed by atoms with Crippen LogP contribution in [-0.4, -0.2) is 17.5 Å². The number of aromatic nitrogens is 1. The van der Waals surface area contributed by atoms with Gasteiger partial charge < -0.3 is 10.6 Å². The lowest BCUT2D eigenvalue weighted by atomic mass is 10.2. The summed E-state index contributed by atoms with van der Waals surface area (Å²) in [6, 6.07) is 2.14. The summed E-state index contributed by atoms with van der Waals surface area (Å²) in [6.07, 6.45) is 0. The second-order valence-corrected chi connectivity index (χ2v) is 7.34. The Hall–Kier alpha value is -1.40. The van der Waals surface area contributed by atoms with Crippen LogP contribution in [0.25, 0.3) is 0 Å². The highest BCUT2D eigenvalue weighted by Crippen LogP contribution is 2.18. The molecule has 0 fully saturated rings. The van der Waals surface area contributed by atoms with Crippen LogP contribution >= 0.6 is 22.7 Å². The minimum Gasteiger partial charge on any atom is -0.357 e. The van der Waals surface area contributed by atoms with Gasteiger partial charge in [0.25, 0.3) is 0 Å². The van der Waals surface area contributed by atoms with Crippen LogP contribution < -0.4 is 10.6 Å². The van der Waals surface area contributed by atoms with Crippen LogP contribution in [0.5, 0.6) is 0 Å². The predicted molar refractivity (Wildman–Crippen MR) is 96.9 cm³/mol. The normalized spacial score (nSPS) is 12.0. The summed E-state index contributed by atoms with van der Waals surface area (Å²) in [5, 5.41) is 12.0. The van der Waals surface area contributed by atoms with E-state index < -0.39 is 0 Å². The standard InChI is InChI=1S/C16H24N4S2/c1-5-17-16(18-8-14-12(4)6-7-21-14)19-9-15-20-13(10-22-15)11(2)3/h6-7,10-11H,5,8-9H2,1-4H3,(H2,17,18,19). The number of thiophene rings is 1. The highest BCUT2D eigenvalue weighted by Gasteiger charge is 2.06. The van der Waals surface area contributed by atoms with E-state index in [2.05, 4.69) is 65.1 Å². The monoisotopic (exact) mass is 336 g/mol. The quantitative estimate of drug-likeness (QED) is 0.621. The molecule has 0 aliphatic carbocycles. The molecule has 0 radical (unpaired) electrons. The van der Waals surface area contributed by atoms with E-state index >= 15 is 0 Å². The van der Waals surface area contributed by atoms with Gasteiger partial charge in [-0.15, -0.1) is 22.7 Å². The zero-order valence-electron chi connectivity index (χ0n) is 13.6. The van der Waals surface area contributed by atoms with Crippen molar-refractivity contribution in [3.05, 3.63) is 38.0 Å². The SMILES string of the molecule is CCNC(=NCc1sccc1C)NCc1nc(C(C)C)cs1. The summed E-state index contributed by atoms with van der Waals surface area (Å²) in [5.74, 6) is 1.32. The van der Waals surface area contributed by atoms with Gasteiger partial charge in [0.05, 0.1) is 18.8 Å². The molecular formula is C16H24N4S2. The zero-order chi connectivity index (χ0) is 15.9. The number of rotatable bonds is 6. The third-order valence-electron chi connectivity index (χ3n) is 3.26. The second-order valence-electron chi connectivity index (χ2n) is 5.40. The van der Waals surface area contributed by atoms with Crippen LogP contribution in [0.3, 0.4) is 0 Å². The molecule has 2 aromatic rings. The summed E-state index contributed by atoms with van der Waals surface area (Å²) < 4.78 is 0. The van der Waals surface area contributed by atoms with Crippen LogP contribution in [0.4, 0.5) is 0 Å². The van der Waals surface area contributed by atoms with Crippen LogP contribution in [0.1, 0.15) is 47.8 Å². The number of nitrogens with one attached hydrogen (secondary N) is 2. The van der Waals surface area contributed by atoms with E-state index in [4.69, 9.17) is 0 Å². The number of nitrogens with zero attached hydrogens (tertiary/aromatic N) is 2. The third-order valence-corrected chi connectivity index (χ3v) is 5.14. The average Bonchev–Trinajstić information content (AvgIpc) is 3.11. The minimum absolute atomic E-state index is 0.480. The summed E-state index contributed by atoms with van der Waals surface area (Å²) in [4.78, 5) is 10.6. The van der Waals surface area contributed by atoms with Gasteiger partial charge in [0, 0.05) is 16.8 Å². The Balaban J connectivity index is 1.94. The van der Waals surface area contributed by atoms with Gasteiger partial charge in [-0.2, -0.15) is 0 Å². The highest BCUT2D eigenvalue weighted by molar-refractivity contribution is 7.10. The molecule has 0 unspecified atom stereocenters. The molecule has 2 N–H and O–H groups in total. The lowest BCUT2D eigenvalue weighted by Gasteiger charge is -2.10. The van der Waals surface area contributed by atoms with Crippen LogP contribution in [0.15, 0.2) is 21.8 Å². The molecule has 22 heavy (non-hydrogen) atoms. The fraction of sp³-hybridized carbons (Fsp3) is 0.500. The summed E-state index contributed by atoms with van der Waals surface area (Å²) in [5.41, 5.74) is 2.48. The fourth-order valence-electron chi connectivity index (χ4n) is 1.89. The van der Waals surface area contributed by atoms with Crippen LogP contribution in [0, 0.1) is 6.92 Å².